The molecule has 5 nitrogen and oxygen atoms in total. The Kier molecular flexibility index (Phi) is 6.29. The summed E-state index contributed by atoms with van der Waals surface area (Å²) < 4.78 is 4.76. The third kappa shape index (κ3) is 4.62. The second-order valence-electron chi connectivity index (χ2n) is 7.57. The molecule has 2 amide bonds. The van der Waals surface area contributed by atoms with Crippen molar-refractivity contribution in [2.75, 3.05) is 32.3 Å². The van der Waals surface area contributed by atoms with Gasteiger partial charge in [-0.25, -0.2) is 4.79 Å². The highest BCUT2D eigenvalue weighted by Crippen LogP contribution is 2.34. The fraction of sp³-hybridized carbons (Fsp3) is 0.273. The number of carbonyl (C=O) groups is 1. The largest absolute Gasteiger partial charge is 0.327 e. The number of urea groups is 1. The fourth-order valence-electron chi connectivity index (χ4n) is 3.59. The predicted molar refractivity (Wildman–Crippen MR) is 124 cm³/mol. The fourth-order valence-corrected chi connectivity index (χ4v) is 4.75. The number of hydrogen-bond donors (Lipinski definition) is 0. The van der Waals surface area contributed by atoms with Crippen molar-refractivity contribution in [1.29, 1.82) is 0 Å². The maximum Gasteiger partial charge on any atom is 0.327 e. The van der Waals surface area contributed by atoms with E-state index in [1.165, 1.54) is 11.5 Å². The number of rotatable bonds is 5. The quantitative estimate of drug-likeness (QED) is 0.514. The number of aromatic nitrogens is 1. The SMILES string of the molecule is CN1CN(C)C(=O)N(c2snc(Cc3ccc(Cl)cc3)c2Cc2ccc(Cl)cc2)C1. The van der Waals surface area contributed by atoms with Gasteiger partial charge in [0, 0.05) is 35.5 Å². The topological polar surface area (TPSA) is 39.7 Å². The highest BCUT2D eigenvalue weighted by atomic mass is 35.5. The first-order valence-electron chi connectivity index (χ1n) is 9.58. The maximum absolute atomic E-state index is 12.9. The van der Waals surface area contributed by atoms with Gasteiger partial charge in [-0.1, -0.05) is 47.5 Å². The molecule has 2 aromatic carbocycles. The van der Waals surface area contributed by atoms with Gasteiger partial charge >= 0.3 is 6.03 Å². The van der Waals surface area contributed by atoms with E-state index in [2.05, 4.69) is 4.90 Å². The van der Waals surface area contributed by atoms with Gasteiger partial charge in [0.05, 0.1) is 19.0 Å². The molecule has 0 atom stereocenters. The summed E-state index contributed by atoms with van der Waals surface area (Å²) >= 11 is 13.5. The monoisotopic (exact) mass is 460 g/mol. The standard InChI is InChI=1S/C22H22Cl2N4OS/c1-26-13-27(2)22(29)28(14-26)21-19(11-15-3-7-17(23)8-4-15)20(25-30-21)12-16-5-9-18(24)10-6-16/h3-10H,11-14H2,1-2H3. The number of anilines is 1. The third-order valence-corrected chi connectivity index (χ3v) is 6.52. The van der Waals surface area contributed by atoms with Gasteiger partial charge < -0.3 is 4.90 Å². The van der Waals surface area contributed by atoms with Gasteiger partial charge in [0.1, 0.15) is 5.00 Å². The van der Waals surface area contributed by atoms with Crippen molar-refractivity contribution < 1.29 is 4.79 Å². The molecule has 3 aromatic rings. The van der Waals surface area contributed by atoms with Crippen LogP contribution in [0.25, 0.3) is 0 Å². The smallest absolute Gasteiger partial charge is 0.314 e. The Morgan fingerprint density at radius 3 is 2.07 bits per heavy atom. The Labute approximate surface area is 190 Å². The van der Waals surface area contributed by atoms with E-state index in [1.54, 1.807) is 4.90 Å². The number of halogens is 2. The minimum atomic E-state index is -0.00727. The zero-order valence-corrected chi connectivity index (χ0v) is 19.1. The van der Waals surface area contributed by atoms with E-state index in [1.807, 2.05) is 67.5 Å². The summed E-state index contributed by atoms with van der Waals surface area (Å²) in [6.07, 6.45) is 1.37. The molecular formula is C22H22Cl2N4OS. The molecule has 4 rings (SSSR count). The lowest BCUT2D eigenvalue weighted by atomic mass is 10.0. The first-order chi connectivity index (χ1) is 14.4. The van der Waals surface area contributed by atoms with Gasteiger partial charge in [-0.05, 0) is 54.0 Å². The Hall–Kier alpha value is -2.12. The molecule has 30 heavy (non-hydrogen) atoms. The van der Waals surface area contributed by atoms with Crippen LogP contribution in [0.5, 0.6) is 0 Å². The van der Waals surface area contributed by atoms with Gasteiger partial charge in [-0.2, -0.15) is 4.37 Å². The molecule has 0 aliphatic carbocycles. The maximum atomic E-state index is 12.9. The zero-order chi connectivity index (χ0) is 21.3. The van der Waals surface area contributed by atoms with Gasteiger partial charge in [0.15, 0.2) is 0 Å². The summed E-state index contributed by atoms with van der Waals surface area (Å²) in [6.45, 7) is 1.15. The van der Waals surface area contributed by atoms with Crippen LogP contribution in [-0.4, -0.2) is 47.6 Å². The second kappa shape index (κ2) is 8.94. The lowest BCUT2D eigenvalue weighted by Gasteiger charge is -2.38. The Balaban J connectivity index is 1.71. The van der Waals surface area contributed by atoms with E-state index < -0.39 is 0 Å². The molecule has 0 spiro atoms. The minimum Gasteiger partial charge on any atom is -0.314 e. The molecule has 1 aliphatic rings. The number of amides is 2. The molecule has 1 saturated heterocycles. The average molecular weight is 461 g/mol. The van der Waals surface area contributed by atoms with Crippen LogP contribution in [0.2, 0.25) is 10.0 Å². The summed E-state index contributed by atoms with van der Waals surface area (Å²) in [5.41, 5.74) is 4.32. The van der Waals surface area contributed by atoms with E-state index in [0.717, 1.165) is 27.4 Å². The van der Waals surface area contributed by atoms with Crippen molar-refractivity contribution in [1.82, 2.24) is 14.2 Å². The third-order valence-electron chi connectivity index (χ3n) is 5.07. The minimum absolute atomic E-state index is 0.00727. The lowest BCUT2D eigenvalue weighted by molar-refractivity contribution is 0.149. The molecule has 0 bridgehead atoms. The highest BCUT2D eigenvalue weighted by molar-refractivity contribution is 7.10. The van der Waals surface area contributed by atoms with Crippen molar-refractivity contribution in [3.63, 3.8) is 0 Å². The Morgan fingerprint density at radius 1 is 0.900 bits per heavy atom. The molecule has 1 aliphatic heterocycles. The Bertz CT molecular complexity index is 1040. The van der Waals surface area contributed by atoms with Crippen LogP contribution < -0.4 is 4.90 Å². The summed E-state index contributed by atoms with van der Waals surface area (Å²) in [6, 6.07) is 15.6. The van der Waals surface area contributed by atoms with Crippen LogP contribution in [0.15, 0.2) is 48.5 Å². The number of hydrogen-bond acceptors (Lipinski definition) is 4. The predicted octanol–water partition coefficient (Wildman–Crippen LogP) is 5.35. The summed E-state index contributed by atoms with van der Waals surface area (Å²) in [5.74, 6) is 0. The van der Waals surface area contributed by atoms with Gasteiger partial charge in [0.25, 0.3) is 0 Å². The molecule has 0 N–H and O–H groups in total. The molecule has 156 valence electrons. The van der Waals surface area contributed by atoms with E-state index in [9.17, 15) is 4.79 Å². The van der Waals surface area contributed by atoms with Crippen molar-refractivity contribution in [3.8, 4) is 0 Å². The van der Waals surface area contributed by atoms with Gasteiger partial charge in [-0.3, -0.25) is 9.80 Å². The van der Waals surface area contributed by atoms with Crippen LogP contribution >= 0.6 is 34.7 Å². The number of carbonyl (C=O) groups excluding carboxylic acids is 1. The van der Waals surface area contributed by atoms with E-state index >= 15 is 0 Å². The molecule has 2 heterocycles. The van der Waals surface area contributed by atoms with Crippen LogP contribution in [0, 0.1) is 0 Å². The summed E-state index contributed by atoms with van der Waals surface area (Å²) in [5, 5.41) is 2.32. The van der Waals surface area contributed by atoms with Crippen molar-refractivity contribution in [3.05, 3.63) is 81.0 Å². The number of nitrogens with zero attached hydrogens (tertiary/aromatic N) is 4. The van der Waals surface area contributed by atoms with Crippen molar-refractivity contribution in [2.45, 2.75) is 12.8 Å². The molecule has 0 unspecified atom stereocenters. The zero-order valence-electron chi connectivity index (χ0n) is 16.8. The van der Waals surface area contributed by atoms with Crippen LogP contribution in [0.4, 0.5) is 9.80 Å². The summed E-state index contributed by atoms with van der Waals surface area (Å²) in [4.78, 5) is 18.5. The average Bonchev–Trinajstić information content (AvgIpc) is 3.10. The molecule has 1 aromatic heterocycles. The lowest BCUT2D eigenvalue weighted by Crippen LogP contribution is -2.55. The van der Waals surface area contributed by atoms with Crippen molar-refractivity contribution in [2.24, 2.45) is 0 Å². The van der Waals surface area contributed by atoms with Crippen LogP contribution in [-0.2, 0) is 12.8 Å². The van der Waals surface area contributed by atoms with E-state index in [0.29, 0.717) is 36.2 Å². The highest BCUT2D eigenvalue weighted by Gasteiger charge is 2.31. The van der Waals surface area contributed by atoms with E-state index in [-0.39, 0.29) is 6.03 Å². The molecule has 1 fully saturated rings. The number of benzene rings is 2. The van der Waals surface area contributed by atoms with Gasteiger partial charge in [-0.15, -0.1) is 0 Å². The van der Waals surface area contributed by atoms with Crippen LogP contribution in [0.3, 0.4) is 0 Å². The molecular weight excluding hydrogens is 439 g/mol. The summed E-state index contributed by atoms with van der Waals surface area (Å²) in [7, 11) is 3.82. The molecule has 8 heteroatoms. The Morgan fingerprint density at radius 2 is 1.47 bits per heavy atom. The van der Waals surface area contributed by atoms with E-state index in [4.69, 9.17) is 27.6 Å². The van der Waals surface area contributed by atoms with Crippen molar-refractivity contribution >= 4 is 45.8 Å². The second-order valence-corrected chi connectivity index (χ2v) is 9.19. The normalized spacial score (nSPS) is 15.1. The first-order valence-corrected chi connectivity index (χ1v) is 11.1. The van der Waals surface area contributed by atoms with Gasteiger partial charge in [0.2, 0.25) is 0 Å². The molecule has 0 radical (unpaired) electrons. The first kappa shape index (κ1) is 21.1. The molecule has 0 saturated carbocycles. The van der Waals surface area contributed by atoms with Crippen LogP contribution in [0.1, 0.15) is 22.4 Å².